The molecule has 0 unspecified atom stereocenters. The molecule has 0 N–H and O–H groups in total. The predicted molar refractivity (Wildman–Crippen MR) is 66.2 cm³/mol. The van der Waals surface area contributed by atoms with Gasteiger partial charge in [-0.05, 0) is 0 Å². The summed E-state index contributed by atoms with van der Waals surface area (Å²) in [4.78, 5) is 0. The van der Waals surface area contributed by atoms with E-state index in [0.29, 0.717) is 0 Å². The molecule has 88 valence electrons. The number of hydrogen-bond acceptors (Lipinski definition) is 2. The van der Waals surface area contributed by atoms with Crippen LogP contribution in [0.4, 0.5) is 0 Å². The van der Waals surface area contributed by atoms with Crippen LogP contribution < -0.4 is 3.61 Å². The molecule has 2 nitrogen and oxygen atoms in total. The van der Waals surface area contributed by atoms with Crippen LogP contribution in [0.25, 0.3) is 0 Å². The van der Waals surface area contributed by atoms with Gasteiger partial charge in [-0.25, -0.2) is 0 Å². The average molecular weight is 334 g/mol. The Bertz CT molecular complexity index is 321. The van der Waals surface area contributed by atoms with Crippen LogP contribution in [0.2, 0.25) is 4.47 Å². The van der Waals surface area contributed by atoms with E-state index in [9.17, 15) is 0 Å². The Morgan fingerprint density at radius 1 is 1.25 bits per heavy atom. The van der Waals surface area contributed by atoms with Crippen molar-refractivity contribution in [2.24, 2.45) is 0 Å². The van der Waals surface area contributed by atoms with E-state index in [4.69, 9.17) is 9.47 Å². The molecule has 0 radical (unpaired) electrons. The minimum atomic E-state index is -0.0945. The second kappa shape index (κ2) is 6.61. The van der Waals surface area contributed by atoms with Gasteiger partial charge in [-0.3, -0.25) is 0 Å². The first-order valence-corrected chi connectivity index (χ1v) is 8.68. The molecule has 0 aliphatic carbocycles. The fourth-order valence-corrected chi connectivity index (χ4v) is 4.98. The monoisotopic (exact) mass is 336 g/mol. The molecule has 1 aliphatic rings. The van der Waals surface area contributed by atoms with Gasteiger partial charge in [0.15, 0.2) is 0 Å². The van der Waals surface area contributed by atoms with Gasteiger partial charge in [0.2, 0.25) is 0 Å². The van der Waals surface area contributed by atoms with Gasteiger partial charge in [-0.15, -0.1) is 0 Å². The molecular formula is C13H18O2Te. The fraction of sp³-hybridized carbons (Fsp3) is 0.538. The quantitative estimate of drug-likeness (QED) is 0.608. The molecular weight excluding hydrogens is 316 g/mol. The van der Waals surface area contributed by atoms with E-state index >= 15 is 0 Å². The Labute approximate surface area is 107 Å². The Hall–Kier alpha value is -0.0704. The summed E-state index contributed by atoms with van der Waals surface area (Å²) in [5, 5.41) is 0. The van der Waals surface area contributed by atoms with Gasteiger partial charge < -0.3 is 0 Å². The maximum atomic E-state index is 5.58. The molecule has 0 saturated carbocycles. The van der Waals surface area contributed by atoms with Gasteiger partial charge in [0.25, 0.3) is 0 Å². The normalized spacial score (nSPS) is 16.8. The molecule has 1 fully saturated rings. The van der Waals surface area contributed by atoms with Crippen molar-refractivity contribution in [1.82, 2.24) is 0 Å². The molecule has 0 spiro atoms. The van der Waals surface area contributed by atoms with Crippen LogP contribution in [0, 0.1) is 0 Å². The number of benzene rings is 1. The average Bonchev–Trinajstić information content (AvgIpc) is 2.83. The molecule has 1 aromatic carbocycles. The summed E-state index contributed by atoms with van der Waals surface area (Å²) in [6.07, 6.45) is 2.55. The van der Waals surface area contributed by atoms with Crippen LogP contribution >= 0.6 is 0 Å². The molecule has 1 aromatic rings. The summed E-state index contributed by atoms with van der Waals surface area (Å²) >= 11 is -0.0632. The molecule has 0 amide bonds. The first-order chi connectivity index (χ1) is 7.92. The van der Waals surface area contributed by atoms with E-state index in [0.717, 1.165) is 13.2 Å². The standard InChI is InChI=1S/C13H18O2Te/c1-2-3-10-16-12-7-5-4-6-11(12)13-14-8-9-15-13/h4-7,13H,2-3,8-10H2,1H3. The molecule has 1 saturated heterocycles. The van der Waals surface area contributed by atoms with Gasteiger partial charge in [0.05, 0.1) is 0 Å². The zero-order valence-electron chi connectivity index (χ0n) is 9.65. The number of hydrogen-bond donors (Lipinski definition) is 0. The summed E-state index contributed by atoms with van der Waals surface area (Å²) in [5.41, 5.74) is 1.28. The molecule has 1 aliphatic heterocycles. The van der Waals surface area contributed by atoms with Gasteiger partial charge in [-0.2, -0.15) is 0 Å². The second-order valence-corrected chi connectivity index (χ2v) is 7.06. The third-order valence-electron chi connectivity index (χ3n) is 2.55. The number of rotatable bonds is 5. The summed E-state index contributed by atoms with van der Waals surface area (Å²) in [6, 6.07) is 8.61. The molecule has 0 aromatic heterocycles. The van der Waals surface area contributed by atoms with Gasteiger partial charge in [0.1, 0.15) is 0 Å². The number of ether oxygens (including phenoxy) is 2. The van der Waals surface area contributed by atoms with Crippen molar-refractivity contribution in [2.45, 2.75) is 30.5 Å². The maximum absolute atomic E-state index is 5.58. The van der Waals surface area contributed by atoms with Crippen LogP contribution in [0.15, 0.2) is 24.3 Å². The van der Waals surface area contributed by atoms with Crippen LogP contribution in [-0.2, 0) is 9.47 Å². The SMILES string of the molecule is CCCC[Te]c1ccccc1C1OCCO1. The topological polar surface area (TPSA) is 18.5 Å². The molecule has 3 heteroatoms. The Kier molecular flexibility index (Phi) is 5.12. The zero-order valence-corrected chi connectivity index (χ0v) is 12.0. The van der Waals surface area contributed by atoms with Crippen molar-refractivity contribution in [3.05, 3.63) is 29.8 Å². The first-order valence-electron chi connectivity index (χ1n) is 5.86. The van der Waals surface area contributed by atoms with Crippen molar-refractivity contribution in [3.8, 4) is 0 Å². The van der Waals surface area contributed by atoms with Crippen molar-refractivity contribution in [1.29, 1.82) is 0 Å². The van der Waals surface area contributed by atoms with E-state index in [1.165, 1.54) is 26.5 Å². The van der Waals surface area contributed by atoms with E-state index in [-0.39, 0.29) is 27.2 Å². The molecule has 0 atom stereocenters. The Morgan fingerprint density at radius 2 is 2.00 bits per heavy atom. The Morgan fingerprint density at radius 3 is 2.75 bits per heavy atom. The van der Waals surface area contributed by atoms with Crippen LogP contribution in [0.5, 0.6) is 0 Å². The number of unbranched alkanes of at least 4 members (excludes halogenated alkanes) is 1. The van der Waals surface area contributed by atoms with Crippen molar-refractivity contribution in [2.75, 3.05) is 13.2 Å². The van der Waals surface area contributed by atoms with Crippen molar-refractivity contribution >= 4 is 24.5 Å². The van der Waals surface area contributed by atoms with E-state index in [2.05, 4.69) is 31.2 Å². The van der Waals surface area contributed by atoms with Crippen LogP contribution in [0.3, 0.4) is 0 Å². The van der Waals surface area contributed by atoms with E-state index in [1.54, 1.807) is 0 Å². The Balaban J connectivity index is 2.04. The third kappa shape index (κ3) is 3.21. The predicted octanol–water partition coefficient (Wildman–Crippen LogP) is 2.28. The van der Waals surface area contributed by atoms with Crippen molar-refractivity contribution in [3.63, 3.8) is 0 Å². The van der Waals surface area contributed by atoms with Crippen molar-refractivity contribution < 1.29 is 9.47 Å². The molecule has 1 heterocycles. The minimum absolute atomic E-state index is 0.0632. The molecule has 0 bridgehead atoms. The summed E-state index contributed by atoms with van der Waals surface area (Å²) in [7, 11) is 0. The van der Waals surface area contributed by atoms with E-state index in [1.807, 2.05) is 0 Å². The summed E-state index contributed by atoms with van der Waals surface area (Å²) in [6.45, 7) is 3.71. The second-order valence-electron chi connectivity index (χ2n) is 3.81. The van der Waals surface area contributed by atoms with Gasteiger partial charge in [-0.1, -0.05) is 0 Å². The van der Waals surface area contributed by atoms with E-state index < -0.39 is 0 Å². The zero-order chi connectivity index (χ0) is 11.2. The fourth-order valence-electron chi connectivity index (χ4n) is 1.67. The summed E-state index contributed by atoms with van der Waals surface area (Å²) < 4.78 is 14.1. The van der Waals surface area contributed by atoms with Crippen LogP contribution in [-0.4, -0.2) is 34.1 Å². The molecule has 2 rings (SSSR count). The first kappa shape index (κ1) is 12.4. The van der Waals surface area contributed by atoms with Gasteiger partial charge in [0, 0.05) is 0 Å². The third-order valence-corrected chi connectivity index (χ3v) is 5.91. The summed E-state index contributed by atoms with van der Waals surface area (Å²) in [5.74, 6) is 0. The van der Waals surface area contributed by atoms with Gasteiger partial charge >= 0.3 is 108 Å². The molecule has 16 heavy (non-hydrogen) atoms. The van der Waals surface area contributed by atoms with Crippen LogP contribution in [0.1, 0.15) is 31.6 Å².